The quantitative estimate of drug-likeness (QED) is 0.852. The zero-order valence-electron chi connectivity index (χ0n) is 8.57. The topological polar surface area (TPSA) is 56.7 Å². The van der Waals surface area contributed by atoms with Crippen LogP contribution in [0.3, 0.4) is 0 Å². The Morgan fingerprint density at radius 1 is 1.53 bits per heavy atom. The molecule has 0 fully saturated rings. The van der Waals surface area contributed by atoms with Crippen molar-refractivity contribution < 1.29 is 4.52 Å². The highest BCUT2D eigenvalue weighted by Crippen LogP contribution is 2.17. The van der Waals surface area contributed by atoms with Gasteiger partial charge in [0.1, 0.15) is 0 Å². The third-order valence-electron chi connectivity index (χ3n) is 2.00. The summed E-state index contributed by atoms with van der Waals surface area (Å²) in [6.45, 7) is 1.99. The Morgan fingerprint density at radius 2 is 2.33 bits per heavy atom. The molecule has 80 valence electrons. The van der Waals surface area contributed by atoms with Crippen molar-refractivity contribution in [3.05, 3.63) is 28.1 Å². The van der Waals surface area contributed by atoms with Crippen molar-refractivity contribution in [2.24, 2.45) is 7.05 Å². The number of hydrogen-bond donors (Lipinski definition) is 0. The third-order valence-corrected chi connectivity index (χ3v) is 2.66. The molecule has 2 rings (SSSR count). The van der Waals surface area contributed by atoms with E-state index in [4.69, 9.17) is 4.52 Å². The Hall–Kier alpha value is -1.17. The summed E-state index contributed by atoms with van der Waals surface area (Å²) >= 11 is 3.43. The minimum Gasteiger partial charge on any atom is -0.339 e. The van der Waals surface area contributed by atoms with Gasteiger partial charge in [-0.2, -0.15) is 10.1 Å². The molecule has 0 aliphatic rings. The predicted molar refractivity (Wildman–Crippen MR) is 57.4 cm³/mol. The first-order valence-electron chi connectivity index (χ1n) is 4.68. The summed E-state index contributed by atoms with van der Waals surface area (Å²) in [5, 5.41) is 8.11. The highest BCUT2D eigenvalue weighted by atomic mass is 79.9. The molecule has 0 amide bonds. The fourth-order valence-electron chi connectivity index (χ4n) is 1.27. The molecule has 0 saturated carbocycles. The van der Waals surface area contributed by atoms with E-state index >= 15 is 0 Å². The maximum atomic E-state index is 5.09. The third kappa shape index (κ3) is 2.26. The zero-order chi connectivity index (χ0) is 10.8. The summed E-state index contributed by atoms with van der Waals surface area (Å²) in [6.07, 6.45) is 3.24. The molecule has 0 atom stereocenters. The van der Waals surface area contributed by atoms with E-state index in [0.717, 1.165) is 22.4 Å². The van der Waals surface area contributed by atoms with Crippen LogP contribution in [0.1, 0.15) is 24.3 Å². The minimum atomic E-state index is 0.564. The van der Waals surface area contributed by atoms with Gasteiger partial charge in [0.25, 0.3) is 0 Å². The molecule has 0 spiro atoms. The molecule has 0 unspecified atom stereocenters. The molecule has 0 aromatic carbocycles. The first-order chi connectivity index (χ1) is 7.19. The Labute approximate surface area is 95.6 Å². The average Bonchev–Trinajstić information content (AvgIpc) is 2.75. The van der Waals surface area contributed by atoms with Gasteiger partial charge in [-0.05, 0) is 15.9 Å². The lowest BCUT2D eigenvalue weighted by Crippen LogP contribution is -1.93. The Balaban J connectivity index is 2.17. The Morgan fingerprint density at radius 3 is 2.87 bits per heavy atom. The normalized spacial score (nSPS) is 10.9. The molecular weight excluding hydrogens is 260 g/mol. The molecule has 0 radical (unpaired) electrons. The Kier molecular flexibility index (Phi) is 2.86. The largest absolute Gasteiger partial charge is 0.339 e. The second kappa shape index (κ2) is 4.14. The van der Waals surface area contributed by atoms with Crippen molar-refractivity contribution in [3.8, 4) is 0 Å². The van der Waals surface area contributed by atoms with E-state index < -0.39 is 0 Å². The fraction of sp³-hybridized carbons (Fsp3) is 0.444. The maximum Gasteiger partial charge on any atom is 0.232 e. The molecule has 0 aliphatic carbocycles. The molecule has 2 aromatic rings. The molecule has 15 heavy (non-hydrogen) atoms. The van der Waals surface area contributed by atoms with Gasteiger partial charge in [0.15, 0.2) is 5.82 Å². The molecule has 2 heterocycles. The van der Waals surface area contributed by atoms with Crippen molar-refractivity contribution in [1.29, 1.82) is 0 Å². The summed E-state index contributed by atoms with van der Waals surface area (Å²) < 4.78 is 7.80. The van der Waals surface area contributed by atoms with Gasteiger partial charge in [0.05, 0.1) is 16.6 Å². The number of aryl methyl sites for hydroxylation is 2. The minimum absolute atomic E-state index is 0.564. The standard InChI is InChI=1S/C9H11BrN4O/c1-3-8-11-9(15-13-8)4-7-6(10)5-14(2)12-7/h5H,3-4H2,1-2H3. The highest BCUT2D eigenvalue weighted by molar-refractivity contribution is 9.10. The van der Waals surface area contributed by atoms with Gasteiger partial charge >= 0.3 is 0 Å². The van der Waals surface area contributed by atoms with Gasteiger partial charge < -0.3 is 4.52 Å². The second-order valence-electron chi connectivity index (χ2n) is 3.23. The number of aromatic nitrogens is 4. The van der Waals surface area contributed by atoms with Crippen molar-refractivity contribution in [2.45, 2.75) is 19.8 Å². The van der Waals surface area contributed by atoms with E-state index in [-0.39, 0.29) is 0 Å². The first-order valence-corrected chi connectivity index (χ1v) is 5.47. The van der Waals surface area contributed by atoms with Crippen molar-refractivity contribution in [3.63, 3.8) is 0 Å². The lowest BCUT2D eigenvalue weighted by molar-refractivity contribution is 0.378. The van der Waals surface area contributed by atoms with Crippen molar-refractivity contribution >= 4 is 15.9 Å². The number of nitrogens with zero attached hydrogens (tertiary/aromatic N) is 4. The zero-order valence-corrected chi connectivity index (χ0v) is 10.2. The fourth-order valence-corrected chi connectivity index (χ4v) is 1.79. The molecule has 6 heteroatoms. The van der Waals surface area contributed by atoms with Crippen LogP contribution in [0.2, 0.25) is 0 Å². The van der Waals surface area contributed by atoms with Gasteiger partial charge in [-0.25, -0.2) is 0 Å². The molecule has 0 aliphatic heterocycles. The van der Waals surface area contributed by atoms with Gasteiger partial charge in [0, 0.05) is 19.7 Å². The van der Waals surface area contributed by atoms with Gasteiger partial charge in [-0.3, -0.25) is 4.68 Å². The van der Waals surface area contributed by atoms with E-state index in [1.165, 1.54) is 0 Å². The molecular formula is C9H11BrN4O. The second-order valence-corrected chi connectivity index (χ2v) is 4.09. The van der Waals surface area contributed by atoms with E-state index in [1.54, 1.807) is 4.68 Å². The highest BCUT2D eigenvalue weighted by Gasteiger charge is 2.11. The van der Waals surface area contributed by atoms with Crippen LogP contribution < -0.4 is 0 Å². The van der Waals surface area contributed by atoms with Crippen LogP contribution in [0.4, 0.5) is 0 Å². The Bertz CT molecular complexity index is 462. The van der Waals surface area contributed by atoms with E-state index in [1.807, 2.05) is 20.2 Å². The van der Waals surface area contributed by atoms with Gasteiger partial charge in [0.2, 0.25) is 5.89 Å². The first kappa shape index (κ1) is 10.4. The summed E-state index contributed by atoms with van der Waals surface area (Å²) in [7, 11) is 1.87. The predicted octanol–water partition coefficient (Wildman–Crippen LogP) is 1.72. The van der Waals surface area contributed by atoms with E-state index in [2.05, 4.69) is 31.2 Å². The summed E-state index contributed by atoms with van der Waals surface area (Å²) in [5.41, 5.74) is 0.906. The molecule has 0 N–H and O–H groups in total. The smallest absolute Gasteiger partial charge is 0.232 e. The van der Waals surface area contributed by atoms with Crippen LogP contribution in [0.25, 0.3) is 0 Å². The van der Waals surface area contributed by atoms with E-state index in [0.29, 0.717) is 12.3 Å². The van der Waals surface area contributed by atoms with Crippen LogP contribution in [-0.2, 0) is 19.9 Å². The summed E-state index contributed by atoms with van der Waals surface area (Å²) in [5.74, 6) is 1.34. The lowest BCUT2D eigenvalue weighted by atomic mass is 10.3. The van der Waals surface area contributed by atoms with Gasteiger partial charge in [-0.15, -0.1) is 0 Å². The van der Waals surface area contributed by atoms with Crippen LogP contribution >= 0.6 is 15.9 Å². The van der Waals surface area contributed by atoms with E-state index in [9.17, 15) is 0 Å². The summed E-state index contributed by atoms with van der Waals surface area (Å²) in [6, 6.07) is 0. The summed E-state index contributed by atoms with van der Waals surface area (Å²) in [4.78, 5) is 4.23. The van der Waals surface area contributed by atoms with Crippen molar-refractivity contribution in [2.75, 3.05) is 0 Å². The van der Waals surface area contributed by atoms with Crippen LogP contribution in [-0.4, -0.2) is 19.9 Å². The monoisotopic (exact) mass is 270 g/mol. The van der Waals surface area contributed by atoms with Crippen LogP contribution in [0, 0.1) is 0 Å². The lowest BCUT2D eigenvalue weighted by Gasteiger charge is -1.90. The van der Waals surface area contributed by atoms with Gasteiger partial charge in [-0.1, -0.05) is 12.1 Å². The molecule has 0 saturated heterocycles. The average molecular weight is 271 g/mol. The maximum absolute atomic E-state index is 5.09. The SMILES string of the molecule is CCc1noc(Cc2nn(C)cc2Br)n1. The molecule has 5 nitrogen and oxygen atoms in total. The number of hydrogen-bond acceptors (Lipinski definition) is 4. The number of halogens is 1. The van der Waals surface area contributed by atoms with Crippen LogP contribution in [0.15, 0.2) is 15.2 Å². The molecule has 2 aromatic heterocycles. The molecule has 0 bridgehead atoms. The number of rotatable bonds is 3. The van der Waals surface area contributed by atoms with Crippen LogP contribution in [0.5, 0.6) is 0 Å². The van der Waals surface area contributed by atoms with Crippen molar-refractivity contribution in [1.82, 2.24) is 19.9 Å².